The monoisotopic (exact) mass is 326 g/mol. The molecule has 1 unspecified atom stereocenters. The minimum atomic E-state index is -4.21. The average molecular weight is 327 g/mol. The second-order valence-electron chi connectivity index (χ2n) is 4.25. The fourth-order valence-electron chi connectivity index (χ4n) is 1.73. The SMILES string of the molecule is Cl.O=C(Nc1ccc(CC(F)(F)F)cc1)C1CSCN1. The van der Waals surface area contributed by atoms with Gasteiger partial charge in [0, 0.05) is 17.3 Å². The number of thioether (sulfide) groups is 1. The van der Waals surface area contributed by atoms with Crippen LogP contribution in [0, 0.1) is 0 Å². The molecule has 0 saturated carbocycles. The van der Waals surface area contributed by atoms with Crippen LogP contribution in [0.1, 0.15) is 5.56 Å². The second-order valence-corrected chi connectivity index (χ2v) is 5.28. The van der Waals surface area contributed by atoms with Gasteiger partial charge in [-0.1, -0.05) is 12.1 Å². The number of alkyl halides is 3. The number of hydrogen-bond donors (Lipinski definition) is 2. The lowest BCUT2D eigenvalue weighted by atomic mass is 10.1. The van der Waals surface area contributed by atoms with Crippen LogP contribution in [0.5, 0.6) is 0 Å². The number of benzene rings is 1. The van der Waals surface area contributed by atoms with Crippen molar-refractivity contribution in [2.75, 3.05) is 16.9 Å². The summed E-state index contributed by atoms with van der Waals surface area (Å²) in [6.45, 7) is 0. The van der Waals surface area contributed by atoms with E-state index in [1.807, 2.05) is 0 Å². The van der Waals surface area contributed by atoms with E-state index >= 15 is 0 Å². The molecule has 1 fully saturated rings. The van der Waals surface area contributed by atoms with Crippen molar-refractivity contribution in [2.45, 2.75) is 18.6 Å². The van der Waals surface area contributed by atoms with Gasteiger partial charge in [-0.25, -0.2) is 0 Å². The molecule has 1 aromatic rings. The molecule has 8 heteroatoms. The molecule has 0 spiro atoms. The second kappa shape index (κ2) is 7.19. The molecule has 1 heterocycles. The molecule has 112 valence electrons. The molecule has 0 aromatic heterocycles. The Bertz CT molecular complexity index is 447. The van der Waals surface area contributed by atoms with Gasteiger partial charge >= 0.3 is 6.18 Å². The largest absolute Gasteiger partial charge is 0.393 e. The van der Waals surface area contributed by atoms with E-state index in [-0.39, 0.29) is 29.9 Å². The number of nitrogens with one attached hydrogen (secondary N) is 2. The summed E-state index contributed by atoms with van der Waals surface area (Å²) in [6, 6.07) is 5.49. The van der Waals surface area contributed by atoms with E-state index < -0.39 is 12.6 Å². The Morgan fingerprint density at radius 1 is 1.35 bits per heavy atom. The van der Waals surface area contributed by atoms with Crippen molar-refractivity contribution in [3.05, 3.63) is 29.8 Å². The Kier molecular flexibility index (Phi) is 6.16. The van der Waals surface area contributed by atoms with Crippen LogP contribution in [0.25, 0.3) is 0 Å². The quantitative estimate of drug-likeness (QED) is 0.897. The number of carbonyl (C=O) groups excluding carboxylic acids is 1. The van der Waals surface area contributed by atoms with Gasteiger partial charge in [-0.2, -0.15) is 13.2 Å². The molecule has 1 aromatic carbocycles. The summed E-state index contributed by atoms with van der Waals surface area (Å²) in [4.78, 5) is 11.8. The van der Waals surface area contributed by atoms with Gasteiger partial charge in [0.15, 0.2) is 0 Å². The van der Waals surface area contributed by atoms with E-state index in [0.29, 0.717) is 11.4 Å². The van der Waals surface area contributed by atoms with Crippen LogP contribution < -0.4 is 10.6 Å². The summed E-state index contributed by atoms with van der Waals surface area (Å²) in [5, 5.41) is 5.70. The first-order valence-electron chi connectivity index (χ1n) is 5.72. The first kappa shape index (κ1) is 17.1. The molecule has 1 aliphatic heterocycles. The number of rotatable bonds is 3. The van der Waals surface area contributed by atoms with Crippen molar-refractivity contribution >= 4 is 35.8 Å². The smallest absolute Gasteiger partial charge is 0.325 e. The van der Waals surface area contributed by atoms with E-state index in [1.54, 1.807) is 11.8 Å². The predicted octanol–water partition coefficient (Wildman–Crippen LogP) is 2.81. The van der Waals surface area contributed by atoms with E-state index in [0.717, 1.165) is 5.88 Å². The highest BCUT2D eigenvalue weighted by molar-refractivity contribution is 7.99. The number of anilines is 1. The standard InChI is InChI=1S/C12H13F3N2OS.ClH/c13-12(14,15)5-8-1-3-9(4-2-8)17-11(18)10-6-19-7-16-10;/h1-4,10,16H,5-7H2,(H,17,18);1H. The maximum atomic E-state index is 12.2. The zero-order valence-corrected chi connectivity index (χ0v) is 12.0. The van der Waals surface area contributed by atoms with Crippen molar-refractivity contribution in [3.8, 4) is 0 Å². The molecule has 0 radical (unpaired) electrons. The van der Waals surface area contributed by atoms with E-state index in [4.69, 9.17) is 0 Å². The third kappa shape index (κ3) is 5.22. The highest BCUT2D eigenvalue weighted by atomic mass is 35.5. The minimum Gasteiger partial charge on any atom is -0.325 e. The minimum absolute atomic E-state index is 0. The third-order valence-corrected chi connectivity index (χ3v) is 3.60. The molecule has 1 saturated heterocycles. The van der Waals surface area contributed by atoms with Gasteiger partial charge in [0.25, 0.3) is 0 Å². The molecular weight excluding hydrogens is 313 g/mol. The normalized spacial score (nSPS) is 18.4. The van der Waals surface area contributed by atoms with Gasteiger partial charge in [0.1, 0.15) is 0 Å². The summed E-state index contributed by atoms with van der Waals surface area (Å²) in [7, 11) is 0. The summed E-state index contributed by atoms with van der Waals surface area (Å²) < 4.78 is 36.5. The molecule has 2 rings (SSSR count). The maximum Gasteiger partial charge on any atom is 0.393 e. The third-order valence-electron chi connectivity index (χ3n) is 2.66. The van der Waals surface area contributed by atoms with Gasteiger partial charge in [-0.05, 0) is 17.7 Å². The summed E-state index contributed by atoms with van der Waals surface area (Å²) >= 11 is 1.63. The van der Waals surface area contributed by atoms with Gasteiger partial charge in [-0.15, -0.1) is 24.2 Å². The maximum absolute atomic E-state index is 12.2. The molecule has 1 atom stereocenters. The van der Waals surface area contributed by atoms with E-state index in [9.17, 15) is 18.0 Å². The molecule has 20 heavy (non-hydrogen) atoms. The summed E-state index contributed by atoms with van der Waals surface area (Å²) in [5.41, 5.74) is 0.690. The molecule has 1 aliphatic rings. The molecule has 0 bridgehead atoms. The lowest BCUT2D eigenvalue weighted by Gasteiger charge is -2.11. The Labute approximate surface area is 125 Å². The molecule has 2 N–H and O–H groups in total. The highest BCUT2D eigenvalue weighted by Crippen LogP contribution is 2.22. The van der Waals surface area contributed by atoms with E-state index in [2.05, 4.69) is 10.6 Å². The molecule has 1 amide bonds. The van der Waals surface area contributed by atoms with Crippen LogP contribution in [0.4, 0.5) is 18.9 Å². The molecular formula is C12H14ClF3N2OS. The van der Waals surface area contributed by atoms with Gasteiger partial charge in [-0.3, -0.25) is 10.1 Å². The molecule has 0 aliphatic carbocycles. The first-order chi connectivity index (χ1) is 8.94. The Hall–Kier alpha value is -0.920. The lowest BCUT2D eigenvalue weighted by molar-refractivity contribution is -0.127. The lowest BCUT2D eigenvalue weighted by Crippen LogP contribution is -2.37. The number of amides is 1. The fraction of sp³-hybridized carbons (Fsp3) is 0.417. The Morgan fingerprint density at radius 2 is 2.00 bits per heavy atom. The van der Waals surface area contributed by atoms with Crippen LogP contribution in [0.15, 0.2) is 24.3 Å². The van der Waals surface area contributed by atoms with Gasteiger partial charge in [0.05, 0.1) is 12.5 Å². The summed E-state index contributed by atoms with van der Waals surface area (Å²) in [6.07, 6.45) is -5.17. The van der Waals surface area contributed by atoms with Crippen LogP contribution in [0.3, 0.4) is 0 Å². The average Bonchev–Trinajstić information content (AvgIpc) is 2.83. The fourth-order valence-corrected chi connectivity index (χ4v) is 2.67. The van der Waals surface area contributed by atoms with Crippen molar-refractivity contribution in [1.29, 1.82) is 0 Å². The zero-order chi connectivity index (χ0) is 13.9. The zero-order valence-electron chi connectivity index (χ0n) is 10.4. The van der Waals surface area contributed by atoms with E-state index in [1.165, 1.54) is 24.3 Å². The number of carbonyl (C=O) groups is 1. The van der Waals surface area contributed by atoms with Crippen molar-refractivity contribution in [1.82, 2.24) is 5.32 Å². The first-order valence-corrected chi connectivity index (χ1v) is 6.87. The summed E-state index contributed by atoms with van der Waals surface area (Å²) in [5.74, 6) is 1.29. The predicted molar refractivity (Wildman–Crippen MR) is 76.3 cm³/mol. The Balaban J connectivity index is 0.00000200. The number of halogens is 4. The Morgan fingerprint density at radius 3 is 2.50 bits per heavy atom. The van der Waals surface area contributed by atoms with Crippen molar-refractivity contribution in [2.24, 2.45) is 0 Å². The van der Waals surface area contributed by atoms with Crippen LogP contribution in [0.2, 0.25) is 0 Å². The molecule has 3 nitrogen and oxygen atoms in total. The van der Waals surface area contributed by atoms with Crippen molar-refractivity contribution < 1.29 is 18.0 Å². The topological polar surface area (TPSA) is 41.1 Å². The van der Waals surface area contributed by atoms with Crippen molar-refractivity contribution in [3.63, 3.8) is 0 Å². The van der Waals surface area contributed by atoms with Gasteiger partial charge < -0.3 is 5.32 Å². The number of hydrogen-bond acceptors (Lipinski definition) is 3. The van der Waals surface area contributed by atoms with Crippen LogP contribution >= 0.6 is 24.2 Å². The van der Waals surface area contributed by atoms with Gasteiger partial charge in [0.2, 0.25) is 5.91 Å². The van der Waals surface area contributed by atoms with Crippen LogP contribution in [-0.4, -0.2) is 29.8 Å². The highest BCUT2D eigenvalue weighted by Gasteiger charge is 2.27. The van der Waals surface area contributed by atoms with Crippen LogP contribution in [-0.2, 0) is 11.2 Å².